The minimum Gasteiger partial charge on any atom is -0.327 e. The van der Waals surface area contributed by atoms with Crippen LogP contribution < -0.4 is 0 Å². The van der Waals surface area contributed by atoms with Crippen LogP contribution in [0.3, 0.4) is 0 Å². The molecule has 0 saturated heterocycles. The van der Waals surface area contributed by atoms with Gasteiger partial charge in [-0.05, 0) is 30.4 Å². The van der Waals surface area contributed by atoms with E-state index in [9.17, 15) is 34.8 Å². The smallest absolute Gasteiger partial charge is 0.327 e. The normalized spacial score (nSPS) is 16.8. The van der Waals surface area contributed by atoms with Crippen molar-refractivity contribution in [3.63, 3.8) is 0 Å². The zero-order chi connectivity index (χ0) is 21.8. The summed E-state index contributed by atoms with van der Waals surface area (Å²) >= 11 is 0. The van der Waals surface area contributed by atoms with Crippen LogP contribution in [-0.4, -0.2) is 40.8 Å². The second-order valence-electron chi connectivity index (χ2n) is 6.84. The van der Waals surface area contributed by atoms with Crippen molar-refractivity contribution >= 4 is 9.84 Å². The van der Waals surface area contributed by atoms with Crippen LogP contribution in [0.4, 0.5) is 26.3 Å². The minimum absolute atomic E-state index is 0.167. The zero-order valence-electron chi connectivity index (χ0n) is 15.3. The highest BCUT2D eigenvalue weighted by Gasteiger charge is 2.64. The maximum Gasteiger partial charge on any atom is 0.456 e. The highest BCUT2D eigenvalue weighted by Crippen LogP contribution is 2.47. The molecule has 0 aliphatic heterocycles. The molecule has 1 saturated carbocycles. The van der Waals surface area contributed by atoms with Gasteiger partial charge >= 0.3 is 12.1 Å². The van der Waals surface area contributed by atoms with E-state index in [1.165, 1.54) is 19.2 Å². The molecule has 2 heterocycles. The van der Waals surface area contributed by atoms with Gasteiger partial charge in [0, 0.05) is 13.2 Å². The van der Waals surface area contributed by atoms with Crippen LogP contribution in [0.5, 0.6) is 0 Å². The summed E-state index contributed by atoms with van der Waals surface area (Å²) in [6.45, 7) is 1.40. The van der Waals surface area contributed by atoms with Crippen LogP contribution in [0.25, 0.3) is 11.5 Å². The third-order valence-electron chi connectivity index (χ3n) is 4.83. The van der Waals surface area contributed by atoms with Crippen molar-refractivity contribution in [3.05, 3.63) is 29.7 Å². The Labute approximate surface area is 162 Å². The number of imidazole rings is 1. The molecule has 1 aliphatic rings. The fraction of sp³-hybridized carbons (Fsp3) is 0.529. The van der Waals surface area contributed by atoms with E-state index in [-0.39, 0.29) is 28.1 Å². The van der Waals surface area contributed by atoms with Gasteiger partial charge in [-0.3, -0.25) is 4.98 Å². The van der Waals surface area contributed by atoms with E-state index < -0.39 is 33.8 Å². The average Bonchev–Trinajstić information content (AvgIpc) is 3.42. The number of nitrogens with zero attached hydrogens (tertiary/aromatic N) is 3. The molecule has 0 radical (unpaired) electrons. The Bertz CT molecular complexity index is 1030. The molecule has 0 spiro atoms. The van der Waals surface area contributed by atoms with Crippen molar-refractivity contribution in [2.24, 2.45) is 7.05 Å². The number of sulfone groups is 1. The van der Waals surface area contributed by atoms with Gasteiger partial charge in [0.1, 0.15) is 5.69 Å². The Kier molecular flexibility index (Phi) is 5.21. The molecule has 1 fully saturated rings. The quantitative estimate of drug-likeness (QED) is 0.625. The lowest BCUT2D eigenvalue weighted by Gasteiger charge is -2.23. The van der Waals surface area contributed by atoms with Crippen molar-refractivity contribution < 1.29 is 34.8 Å². The van der Waals surface area contributed by atoms with Crippen LogP contribution in [0.15, 0.2) is 23.4 Å². The largest absolute Gasteiger partial charge is 0.456 e. The number of pyridine rings is 1. The Balaban J connectivity index is 2.12. The molecule has 1 aliphatic carbocycles. The summed E-state index contributed by atoms with van der Waals surface area (Å²) in [6, 6.07) is 1.41. The summed E-state index contributed by atoms with van der Waals surface area (Å²) in [5.74, 6) is -6.08. The van der Waals surface area contributed by atoms with Gasteiger partial charge in [-0.25, -0.2) is 17.8 Å². The van der Waals surface area contributed by atoms with Crippen molar-refractivity contribution in [2.45, 2.75) is 48.8 Å². The monoisotopic (exact) mass is 441 g/mol. The van der Waals surface area contributed by atoms with Crippen molar-refractivity contribution in [1.82, 2.24) is 14.5 Å². The van der Waals surface area contributed by atoms with Crippen LogP contribution in [0, 0.1) is 0 Å². The van der Waals surface area contributed by atoms with Gasteiger partial charge in [0.05, 0.1) is 22.5 Å². The first-order valence-corrected chi connectivity index (χ1v) is 10.3. The molecule has 3 rings (SSSR count). The van der Waals surface area contributed by atoms with Gasteiger partial charge in [-0.1, -0.05) is 6.92 Å². The first kappa shape index (κ1) is 21.6. The molecule has 29 heavy (non-hydrogen) atoms. The maximum absolute atomic E-state index is 14.1. The lowest BCUT2D eigenvalue weighted by molar-refractivity contribution is -0.305. The molecule has 1 atom stereocenters. The summed E-state index contributed by atoms with van der Waals surface area (Å²) < 4.78 is 104. The number of halogens is 6. The fourth-order valence-electron chi connectivity index (χ4n) is 2.87. The first-order chi connectivity index (χ1) is 13.3. The molecular weight excluding hydrogens is 424 g/mol. The summed E-state index contributed by atoms with van der Waals surface area (Å²) in [6.07, 6.45) is -6.14. The molecule has 5 nitrogen and oxygen atoms in total. The first-order valence-electron chi connectivity index (χ1n) is 8.64. The Hall–Kier alpha value is -2.11. The van der Waals surface area contributed by atoms with Crippen molar-refractivity contribution in [1.29, 1.82) is 0 Å². The van der Waals surface area contributed by atoms with Crippen LogP contribution in [-0.2, 0) is 16.9 Å². The van der Waals surface area contributed by atoms with Gasteiger partial charge in [0.15, 0.2) is 15.7 Å². The van der Waals surface area contributed by atoms with Crippen LogP contribution >= 0.6 is 0 Å². The van der Waals surface area contributed by atoms with E-state index in [1.807, 2.05) is 0 Å². The lowest BCUT2D eigenvalue weighted by atomic mass is 10.1. The third kappa shape index (κ3) is 3.74. The van der Waals surface area contributed by atoms with Gasteiger partial charge in [-0.2, -0.15) is 22.0 Å². The van der Waals surface area contributed by atoms with E-state index >= 15 is 0 Å². The SMILES string of the molecule is CCS(=O)(=O)c1cc(C2CC2)cnc1-c1ncc([C@@H](F)C(F)(F)C(F)(F)F)n1C. The van der Waals surface area contributed by atoms with E-state index in [2.05, 4.69) is 9.97 Å². The summed E-state index contributed by atoms with van der Waals surface area (Å²) in [5, 5.41) is 0. The second kappa shape index (κ2) is 6.99. The zero-order valence-corrected chi connectivity index (χ0v) is 16.2. The minimum atomic E-state index is -6.10. The predicted octanol–water partition coefficient (Wildman–Crippen LogP) is 4.36. The van der Waals surface area contributed by atoms with Crippen LogP contribution in [0.2, 0.25) is 0 Å². The van der Waals surface area contributed by atoms with Crippen LogP contribution in [0.1, 0.15) is 43.1 Å². The maximum atomic E-state index is 14.1. The van der Waals surface area contributed by atoms with Gasteiger partial charge < -0.3 is 4.57 Å². The number of hydrogen-bond donors (Lipinski definition) is 0. The Morgan fingerprint density at radius 1 is 1.17 bits per heavy atom. The molecule has 12 heteroatoms. The highest BCUT2D eigenvalue weighted by molar-refractivity contribution is 7.91. The number of hydrogen-bond acceptors (Lipinski definition) is 4. The molecule has 2 aromatic heterocycles. The topological polar surface area (TPSA) is 64.8 Å². The summed E-state index contributed by atoms with van der Waals surface area (Å²) in [4.78, 5) is 7.55. The molecule has 0 unspecified atom stereocenters. The predicted molar refractivity (Wildman–Crippen MR) is 91.0 cm³/mol. The molecule has 0 N–H and O–H groups in total. The van der Waals surface area contributed by atoms with E-state index in [4.69, 9.17) is 0 Å². The van der Waals surface area contributed by atoms with Crippen molar-refractivity contribution in [3.8, 4) is 11.5 Å². The van der Waals surface area contributed by atoms with E-state index in [0.29, 0.717) is 16.3 Å². The lowest BCUT2D eigenvalue weighted by Crippen LogP contribution is -2.41. The second-order valence-corrected chi connectivity index (χ2v) is 9.09. The fourth-order valence-corrected chi connectivity index (χ4v) is 3.93. The third-order valence-corrected chi connectivity index (χ3v) is 6.57. The molecule has 0 aromatic carbocycles. The van der Waals surface area contributed by atoms with E-state index in [1.54, 1.807) is 0 Å². The number of aromatic nitrogens is 3. The molecule has 2 aromatic rings. The molecule has 0 amide bonds. The average molecular weight is 441 g/mol. The van der Waals surface area contributed by atoms with Gasteiger partial charge in [0.25, 0.3) is 0 Å². The summed E-state index contributed by atoms with van der Waals surface area (Å²) in [7, 11) is -2.80. The highest BCUT2D eigenvalue weighted by atomic mass is 32.2. The van der Waals surface area contributed by atoms with Gasteiger partial charge in [0.2, 0.25) is 6.17 Å². The Morgan fingerprint density at radius 3 is 2.31 bits per heavy atom. The summed E-state index contributed by atoms with van der Waals surface area (Å²) in [5.41, 5.74) is -0.593. The van der Waals surface area contributed by atoms with E-state index in [0.717, 1.165) is 19.9 Å². The Morgan fingerprint density at radius 2 is 1.79 bits per heavy atom. The van der Waals surface area contributed by atoms with Crippen molar-refractivity contribution in [2.75, 3.05) is 5.75 Å². The standard InChI is InChI=1S/C17H17F6N3O2S/c1-3-29(27,28)12-6-10(9-4-5-9)7-24-13(12)15-25-8-11(26(15)2)14(18)16(19,20)17(21,22)23/h6-9,14H,3-5H2,1-2H3/t14-/m1/s1. The number of alkyl halides is 6. The van der Waals surface area contributed by atoms with Gasteiger partial charge in [-0.15, -0.1) is 0 Å². The molecular formula is C17H17F6N3O2S. The number of rotatable bonds is 6. The molecule has 0 bridgehead atoms. The molecule has 160 valence electrons.